The van der Waals surface area contributed by atoms with Crippen LogP contribution in [0.2, 0.25) is 5.02 Å². The summed E-state index contributed by atoms with van der Waals surface area (Å²) in [6, 6.07) is 9.86. The molecule has 1 aromatic carbocycles. The molecule has 2 nitrogen and oxygen atoms in total. The molecular formula is C11H11ClN2. The Bertz CT molecular complexity index is 378. The van der Waals surface area contributed by atoms with Crippen LogP contribution in [0, 0.1) is 0 Å². The monoisotopic (exact) mass is 206 g/mol. The van der Waals surface area contributed by atoms with E-state index in [1.54, 1.807) is 6.20 Å². The standard InChI is InChI=1S/C11H11ClN2/c12-11-4-2-10(3-5-11)6-9-14-8-1-7-13-14/h1-5,7-8H,6,9H2. The van der Waals surface area contributed by atoms with Gasteiger partial charge in [-0.05, 0) is 30.2 Å². The van der Waals surface area contributed by atoms with Gasteiger partial charge in [0.05, 0.1) is 0 Å². The molecule has 0 saturated heterocycles. The van der Waals surface area contributed by atoms with Crippen molar-refractivity contribution in [1.29, 1.82) is 0 Å². The summed E-state index contributed by atoms with van der Waals surface area (Å²) in [6.07, 6.45) is 4.75. The number of rotatable bonds is 3. The van der Waals surface area contributed by atoms with Gasteiger partial charge in [-0.2, -0.15) is 5.10 Å². The molecule has 0 saturated carbocycles. The number of benzene rings is 1. The molecule has 72 valence electrons. The topological polar surface area (TPSA) is 17.8 Å². The van der Waals surface area contributed by atoms with Crippen LogP contribution in [0.3, 0.4) is 0 Å². The Kier molecular flexibility index (Phi) is 2.84. The summed E-state index contributed by atoms with van der Waals surface area (Å²) in [5, 5.41) is 4.92. The van der Waals surface area contributed by atoms with Gasteiger partial charge >= 0.3 is 0 Å². The van der Waals surface area contributed by atoms with Gasteiger partial charge in [-0.1, -0.05) is 23.7 Å². The normalized spacial score (nSPS) is 10.4. The van der Waals surface area contributed by atoms with Crippen molar-refractivity contribution >= 4 is 11.6 Å². The fourth-order valence-electron chi connectivity index (χ4n) is 1.33. The maximum absolute atomic E-state index is 5.79. The number of aryl methyl sites for hydroxylation is 2. The van der Waals surface area contributed by atoms with E-state index in [9.17, 15) is 0 Å². The van der Waals surface area contributed by atoms with Crippen LogP contribution in [0.1, 0.15) is 5.56 Å². The zero-order chi connectivity index (χ0) is 9.80. The fraction of sp³-hybridized carbons (Fsp3) is 0.182. The summed E-state index contributed by atoms with van der Waals surface area (Å²) in [4.78, 5) is 0. The summed E-state index contributed by atoms with van der Waals surface area (Å²) in [6.45, 7) is 0.911. The van der Waals surface area contributed by atoms with Crippen LogP contribution in [-0.2, 0) is 13.0 Å². The van der Waals surface area contributed by atoms with E-state index in [4.69, 9.17) is 11.6 Å². The summed E-state index contributed by atoms with van der Waals surface area (Å²) in [5.74, 6) is 0. The van der Waals surface area contributed by atoms with Crippen molar-refractivity contribution in [2.24, 2.45) is 0 Å². The van der Waals surface area contributed by atoms with Crippen LogP contribution >= 0.6 is 11.6 Å². The minimum Gasteiger partial charge on any atom is -0.272 e. The van der Waals surface area contributed by atoms with Crippen molar-refractivity contribution < 1.29 is 0 Å². The van der Waals surface area contributed by atoms with Crippen molar-refractivity contribution in [1.82, 2.24) is 9.78 Å². The Balaban J connectivity index is 1.95. The zero-order valence-corrected chi connectivity index (χ0v) is 8.48. The highest BCUT2D eigenvalue weighted by Crippen LogP contribution is 2.10. The zero-order valence-electron chi connectivity index (χ0n) is 7.73. The molecule has 0 bridgehead atoms. The Morgan fingerprint density at radius 3 is 2.64 bits per heavy atom. The maximum Gasteiger partial charge on any atom is 0.0489 e. The summed E-state index contributed by atoms with van der Waals surface area (Å²) in [5.41, 5.74) is 1.28. The molecule has 2 aromatic rings. The second-order valence-electron chi connectivity index (χ2n) is 3.15. The summed E-state index contributed by atoms with van der Waals surface area (Å²) in [7, 11) is 0. The van der Waals surface area contributed by atoms with Crippen LogP contribution in [0.25, 0.3) is 0 Å². The van der Waals surface area contributed by atoms with Crippen LogP contribution < -0.4 is 0 Å². The van der Waals surface area contributed by atoms with E-state index in [1.165, 1.54) is 5.56 Å². The maximum atomic E-state index is 5.79. The predicted octanol–water partition coefficient (Wildman–Crippen LogP) is 2.78. The smallest absolute Gasteiger partial charge is 0.0489 e. The Labute approximate surface area is 88.1 Å². The highest BCUT2D eigenvalue weighted by atomic mass is 35.5. The first kappa shape index (κ1) is 9.28. The Morgan fingerprint density at radius 1 is 1.21 bits per heavy atom. The lowest BCUT2D eigenvalue weighted by Gasteiger charge is -2.01. The molecule has 0 fully saturated rings. The van der Waals surface area contributed by atoms with E-state index in [1.807, 2.05) is 41.2 Å². The Morgan fingerprint density at radius 2 is 2.00 bits per heavy atom. The molecule has 0 aliphatic carbocycles. The third-order valence-electron chi connectivity index (χ3n) is 2.10. The van der Waals surface area contributed by atoms with E-state index in [2.05, 4.69) is 5.10 Å². The van der Waals surface area contributed by atoms with Crippen molar-refractivity contribution in [2.75, 3.05) is 0 Å². The highest BCUT2D eigenvalue weighted by Gasteiger charge is 1.94. The van der Waals surface area contributed by atoms with E-state index in [0.29, 0.717) is 0 Å². The number of hydrogen-bond donors (Lipinski definition) is 0. The van der Waals surface area contributed by atoms with Crippen LogP contribution in [0.5, 0.6) is 0 Å². The predicted molar refractivity (Wildman–Crippen MR) is 57.4 cm³/mol. The van der Waals surface area contributed by atoms with Gasteiger partial charge in [0.15, 0.2) is 0 Å². The number of hydrogen-bond acceptors (Lipinski definition) is 1. The molecule has 1 aromatic heterocycles. The molecule has 0 radical (unpaired) electrons. The van der Waals surface area contributed by atoms with Gasteiger partial charge < -0.3 is 0 Å². The average Bonchev–Trinajstić information content (AvgIpc) is 2.70. The molecule has 0 spiro atoms. The lowest BCUT2D eigenvalue weighted by molar-refractivity contribution is 0.615. The fourth-order valence-corrected chi connectivity index (χ4v) is 1.45. The molecule has 14 heavy (non-hydrogen) atoms. The van der Waals surface area contributed by atoms with Gasteiger partial charge in [-0.15, -0.1) is 0 Å². The molecule has 1 heterocycles. The quantitative estimate of drug-likeness (QED) is 0.755. The number of nitrogens with zero attached hydrogens (tertiary/aromatic N) is 2. The first-order valence-corrected chi connectivity index (χ1v) is 4.94. The van der Waals surface area contributed by atoms with Crippen molar-refractivity contribution in [3.8, 4) is 0 Å². The first-order valence-electron chi connectivity index (χ1n) is 4.56. The minimum atomic E-state index is 0.785. The highest BCUT2D eigenvalue weighted by molar-refractivity contribution is 6.30. The lowest BCUT2D eigenvalue weighted by atomic mass is 10.1. The molecule has 0 aliphatic rings. The lowest BCUT2D eigenvalue weighted by Crippen LogP contribution is -2.01. The second kappa shape index (κ2) is 4.29. The molecule has 0 N–H and O–H groups in total. The van der Waals surface area contributed by atoms with Gasteiger partial charge in [-0.25, -0.2) is 0 Å². The van der Waals surface area contributed by atoms with Crippen LogP contribution in [0.4, 0.5) is 0 Å². The van der Waals surface area contributed by atoms with E-state index in [0.717, 1.165) is 18.0 Å². The van der Waals surface area contributed by atoms with Gasteiger partial charge in [0.1, 0.15) is 0 Å². The molecule has 0 amide bonds. The van der Waals surface area contributed by atoms with Crippen molar-refractivity contribution in [2.45, 2.75) is 13.0 Å². The molecular weight excluding hydrogens is 196 g/mol. The van der Waals surface area contributed by atoms with Gasteiger partial charge in [0.2, 0.25) is 0 Å². The largest absolute Gasteiger partial charge is 0.272 e. The van der Waals surface area contributed by atoms with E-state index < -0.39 is 0 Å². The van der Waals surface area contributed by atoms with Crippen LogP contribution in [-0.4, -0.2) is 9.78 Å². The van der Waals surface area contributed by atoms with Gasteiger partial charge in [0, 0.05) is 24.0 Å². The summed E-state index contributed by atoms with van der Waals surface area (Å²) >= 11 is 5.79. The Hall–Kier alpha value is -1.28. The van der Waals surface area contributed by atoms with E-state index in [-0.39, 0.29) is 0 Å². The molecule has 0 aliphatic heterocycles. The number of halogens is 1. The summed E-state index contributed by atoms with van der Waals surface area (Å²) < 4.78 is 1.93. The molecule has 2 rings (SSSR count). The third kappa shape index (κ3) is 2.36. The SMILES string of the molecule is Clc1ccc(CCn2cccn2)cc1. The number of aromatic nitrogens is 2. The van der Waals surface area contributed by atoms with Crippen molar-refractivity contribution in [3.05, 3.63) is 53.3 Å². The minimum absolute atomic E-state index is 0.785. The molecule has 0 atom stereocenters. The van der Waals surface area contributed by atoms with Crippen LogP contribution in [0.15, 0.2) is 42.7 Å². The average molecular weight is 207 g/mol. The molecule has 0 unspecified atom stereocenters. The van der Waals surface area contributed by atoms with Gasteiger partial charge in [-0.3, -0.25) is 4.68 Å². The first-order chi connectivity index (χ1) is 6.84. The molecule has 3 heteroatoms. The van der Waals surface area contributed by atoms with Gasteiger partial charge in [0.25, 0.3) is 0 Å². The van der Waals surface area contributed by atoms with Crippen molar-refractivity contribution in [3.63, 3.8) is 0 Å². The second-order valence-corrected chi connectivity index (χ2v) is 3.58. The third-order valence-corrected chi connectivity index (χ3v) is 2.35. The van der Waals surface area contributed by atoms with E-state index >= 15 is 0 Å².